The zero-order valence-corrected chi connectivity index (χ0v) is 11.5. The smallest absolute Gasteiger partial charge is 0.234 e. The molecular weight excluding hydrogens is 226 g/mol. The number of amides is 1. The van der Waals surface area contributed by atoms with Gasteiger partial charge in [-0.1, -0.05) is 26.0 Å². The SMILES string of the molecule is CC(C)CC(O)c1ccc2c(c1)C(C)C(=O)N2C. The van der Waals surface area contributed by atoms with Gasteiger partial charge in [-0.05, 0) is 36.5 Å². The fourth-order valence-corrected chi connectivity index (χ4v) is 2.56. The van der Waals surface area contributed by atoms with E-state index in [0.717, 1.165) is 23.2 Å². The number of hydrogen-bond acceptors (Lipinski definition) is 2. The Morgan fingerprint density at radius 3 is 2.67 bits per heavy atom. The number of likely N-dealkylation sites (N-methyl/N-ethyl adjacent to an activating group) is 1. The van der Waals surface area contributed by atoms with Gasteiger partial charge in [-0.3, -0.25) is 4.79 Å². The molecule has 18 heavy (non-hydrogen) atoms. The summed E-state index contributed by atoms with van der Waals surface area (Å²) in [5.41, 5.74) is 2.91. The van der Waals surface area contributed by atoms with E-state index in [-0.39, 0.29) is 11.8 Å². The molecule has 1 aromatic rings. The second kappa shape index (κ2) is 4.73. The summed E-state index contributed by atoms with van der Waals surface area (Å²) < 4.78 is 0. The van der Waals surface area contributed by atoms with Crippen molar-refractivity contribution in [2.24, 2.45) is 5.92 Å². The highest BCUT2D eigenvalue weighted by molar-refractivity contribution is 6.04. The number of fused-ring (bicyclic) bond motifs is 1. The van der Waals surface area contributed by atoms with Gasteiger partial charge in [0.25, 0.3) is 0 Å². The van der Waals surface area contributed by atoms with Crippen LogP contribution >= 0.6 is 0 Å². The third-order valence-electron chi connectivity index (χ3n) is 3.66. The van der Waals surface area contributed by atoms with Crippen molar-refractivity contribution in [2.75, 3.05) is 11.9 Å². The zero-order chi connectivity index (χ0) is 13.4. The van der Waals surface area contributed by atoms with Gasteiger partial charge in [0.2, 0.25) is 5.91 Å². The van der Waals surface area contributed by atoms with E-state index in [1.165, 1.54) is 0 Å². The maximum absolute atomic E-state index is 11.9. The molecule has 0 aromatic heterocycles. The lowest BCUT2D eigenvalue weighted by atomic mass is 9.95. The number of rotatable bonds is 3. The van der Waals surface area contributed by atoms with Gasteiger partial charge in [0.1, 0.15) is 0 Å². The first-order valence-corrected chi connectivity index (χ1v) is 6.51. The molecule has 1 N–H and O–H groups in total. The van der Waals surface area contributed by atoms with E-state index in [2.05, 4.69) is 13.8 Å². The molecule has 1 amide bonds. The van der Waals surface area contributed by atoms with E-state index in [1.54, 1.807) is 11.9 Å². The molecule has 3 heteroatoms. The summed E-state index contributed by atoms with van der Waals surface area (Å²) in [6, 6.07) is 5.84. The molecule has 2 atom stereocenters. The molecule has 0 saturated carbocycles. The highest BCUT2D eigenvalue weighted by Gasteiger charge is 2.32. The normalized spacial score (nSPS) is 20.4. The van der Waals surface area contributed by atoms with Crippen molar-refractivity contribution in [3.8, 4) is 0 Å². The van der Waals surface area contributed by atoms with Gasteiger partial charge in [0, 0.05) is 12.7 Å². The number of nitrogens with zero attached hydrogens (tertiary/aromatic N) is 1. The van der Waals surface area contributed by atoms with Gasteiger partial charge < -0.3 is 10.0 Å². The van der Waals surface area contributed by atoms with Crippen molar-refractivity contribution in [1.82, 2.24) is 0 Å². The van der Waals surface area contributed by atoms with Crippen LogP contribution in [-0.4, -0.2) is 18.1 Å². The van der Waals surface area contributed by atoms with Crippen molar-refractivity contribution in [3.05, 3.63) is 29.3 Å². The topological polar surface area (TPSA) is 40.5 Å². The number of aliphatic hydroxyl groups is 1. The lowest BCUT2D eigenvalue weighted by Crippen LogP contribution is -2.22. The van der Waals surface area contributed by atoms with E-state index in [4.69, 9.17) is 0 Å². The average Bonchev–Trinajstić information content (AvgIpc) is 2.53. The Morgan fingerprint density at radius 1 is 1.39 bits per heavy atom. The van der Waals surface area contributed by atoms with Gasteiger partial charge in [-0.25, -0.2) is 0 Å². The molecule has 1 aromatic carbocycles. The summed E-state index contributed by atoms with van der Waals surface area (Å²) in [5, 5.41) is 10.1. The van der Waals surface area contributed by atoms with E-state index in [1.807, 2.05) is 25.1 Å². The first-order valence-electron chi connectivity index (χ1n) is 6.51. The van der Waals surface area contributed by atoms with Crippen LogP contribution in [0.3, 0.4) is 0 Å². The van der Waals surface area contributed by atoms with Crippen LogP contribution in [0.4, 0.5) is 5.69 Å². The second-order valence-electron chi connectivity index (χ2n) is 5.58. The van der Waals surface area contributed by atoms with Crippen LogP contribution in [-0.2, 0) is 4.79 Å². The Labute approximate surface area is 108 Å². The molecule has 1 aliphatic rings. The van der Waals surface area contributed by atoms with Gasteiger partial charge in [0.15, 0.2) is 0 Å². The molecule has 2 unspecified atom stereocenters. The number of hydrogen-bond donors (Lipinski definition) is 1. The molecule has 0 bridgehead atoms. The third kappa shape index (κ3) is 2.15. The number of aliphatic hydroxyl groups excluding tert-OH is 1. The minimum Gasteiger partial charge on any atom is -0.388 e. The van der Waals surface area contributed by atoms with Crippen molar-refractivity contribution < 1.29 is 9.90 Å². The molecule has 1 aliphatic heterocycles. The Hall–Kier alpha value is -1.35. The first-order chi connectivity index (χ1) is 8.41. The molecule has 0 spiro atoms. The molecule has 1 heterocycles. The van der Waals surface area contributed by atoms with Crippen molar-refractivity contribution in [1.29, 1.82) is 0 Å². The van der Waals surface area contributed by atoms with Gasteiger partial charge in [0.05, 0.1) is 12.0 Å². The highest BCUT2D eigenvalue weighted by Crippen LogP contribution is 2.38. The molecule has 0 fully saturated rings. The first kappa shape index (κ1) is 13.1. The quantitative estimate of drug-likeness (QED) is 0.892. The molecule has 3 nitrogen and oxygen atoms in total. The van der Waals surface area contributed by atoms with E-state index in [9.17, 15) is 9.90 Å². The summed E-state index contributed by atoms with van der Waals surface area (Å²) in [6.45, 7) is 6.11. The van der Waals surface area contributed by atoms with Crippen LogP contribution in [0, 0.1) is 5.92 Å². The Balaban J connectivity index is 2.31. The number of benzene rings is 1. The predicted octanol–water partition coefficient (Wildman–Crippen LogP) is 2.85. The maximum Gasteiger partial charge on any atom is 0.234 e. The lowest BCUT2D eigenvalue weighted by Gasteiger charge is -2.15. The predicted molar refractivity (Wildman–Crippen MR) is 72.7 cm³/mol. The van der Waals surface area contributed by atoms with E-state index < -0.39 is 6.10 Å². The van der Waals surface area contributed by atoms with Crippen LogP contribution < -0.4 is 4.90 Å². The second-order valence-corrected chi connectivity index (χ2v) is 5.58. The summed E-state index contributed by atoms with van der Waals surface area (Å²) >= 11 is 0. The Kier molecular flexibility index (Phi) is 3.44. The van der Waals surface area contributed by atoms with Crippen LogP contribution in [0.5, 0.6) is 0 Å². The van der Waals surface area contributed by atoms with Crippen molar-refractivity contribution >= 4 is 11.6 Å². The Bertz CT molecular complexity index is 468. The fraction of sp³-hybridized carbons (Fsp3) is 0.533. The standard InChI is InChI=1S/C15H21NO2/c1-9(2)7-14(17)11-5-6-13-12(8-11)10(3)15(18)16(13)4/h5-6,8-10,14,17H,7H2,1-4H3. The van der Waals surface area contributed by atoms with E-state index in [0.29, 0.717) is 5.92 Å². The Morgan fingerprint density at radius 2 is 2.06 bits per heavy atom. The molecule has 98 valence electrons. The minimum absolute atomic E-state index is 0.101. The van der Waals surface area contributed by atoms with Crippen LogP contribution in [0.25, 0.3) is 0 Å². The molecule has 0 saturated heterocycles. The van der Waals surface area contributed by atoms with Crippen LogP contribution in [0.2, 0.25) is 0 Å². The number of carbonyl (C=O) groups excluding carboxylic acids is 1. The highest BCUT2D eigenvalue weighted by atomic mass is 16.3. The number of carbonyl (C=O) groups is 1. The summed E-state index contributed by atoms with van der Waals surface area (Å²) in [5.74, 6) is 0.478. The largest absolute Gasteiger partial charge is 0.388 e. The molecule has 0 aliphatic carbocycles. The monoisotopic (exact) mass is 247 g/mol. The van der Waals surface area contributed by atoms with E-state index >= 15 is 0 Å². The molecular formula is C15H21NO2. The van der Waals surface area contributed by atoms with Gasteiger partial charge >= 0.3 is 0 Å². The van der Waals surface area contributed by atoms with Crippen LogP contribution in [0.1, 0.15) is 50.3 Å². The van der Waals surface area contributed by atoms with Crippen LogP contribution in [0.15, 0.2) is 18.2 Å². The average molecular weight is 247 g/mol. The fourth-order valence-electron chi connectivity index (χ4n) is 2.56. The maximum atomic E-state index is 11.9. The van der Waals surface area contributed by atoms with Gasteiger partial charge in [-0.15, -0.1) is 0 Å². The minimum atomic E-state index is -0.441. The molecule has 2 rings (SSSR count). The summed E-state index contributed by atoms with van der Waals surface area (Å²) in [6.07, 6.45) is 0.306. The van der Waals surface area contributed by atoms with Crippen molar-refractivity contribution in [2.45, 2.75) is 39.2 Å². The summed E-state index contributed by atoms with van der Waals surface area (Å²) in [7, 11) is 1.80. The molecule has 0 radical (unpaired) electrons. The van der Waals surface area contributed by atoms with Gasteiger partial charge in [-0.2, -0.15) is 0 Å². The number of anilines is 1. The lowest BCUT2D eigenvalue weighted by molar-refractivity contribution is -0.118. The summed E-state index contributed by atoms with van der Waals surface area (Å²) in [4.78, 5) is 13.6. The van der Waals surface area contributed by atoms with Crippen molar-refractivity contribution in [3.63, 3.8) is 0 Å². The zero-order valence-electron chi connectivity index (χ0n) is 11.5. The third-order valence-corrected chi connectivity index (χ3v) is 3.66.